The van der Waals surface area contributed by atoms with Crippen LogP contribution in [0.5, 0.6) is 0 Å². The second-order valence-corrected chi connectivity index (χ2v) is 17.5. The van der Waals surface area contributed by atoms with Gasteiger partial charge in [-0.15, -0.1) is 22.7 Å². The fourth-order valence-electron chi connectivity index (χ4n) is 9.46. The van der Waals surface area contributed by atoms with Crippen molar-refractivity contribution in [3.05, 3.63) is 216 Å². The summed E-state index contributed by atoms with van der Waals surface area (Å²) in [7, 11) is 0. The van der Waals surface area contributed by atoms with Crippen LogP contribution in [-0.4, -0.2) is 0 Å². The van der Waals surface area contributed by atoms with Crippen molar-refractivity contribution in [2.24, 2.45) is 0 Å². The van der Waals surface area contributed by atoms with E-state index in [1.165, 1.54) is 116 Å². The molecular formula is C56H36S2. The average molecular weight is 773 g/mol. The van der Waals surface area contributed by atoms with E-state index >= 15 is 0 Å². The molecule has 9 aromatic carbocycles. The van der Waals surface area contributed by atoms with Crippen LogP contribution >= 0.6 is 22.7 Å². The lowest BCUT2D eigenvalue weighted by molar-refractivity contribution is 1.05. The Morgan fingerprint density at radius 2 is 0.845 bits per heavy atom. The van der Waals surface area contributed by atoms with Crippen molar-refractivity contribution in [3.63, 3.8) is 0 Å². The highest BCUT2D eigenvalue weighted by Gasteiger charge is 2.19. The van der Waals surface area contributed by atoms with Gasteiger partial charge in [-0.05, 0) is 114 Å². The molecule has 11 aromatic rings. The molecule has 0 unspecified atom stereocenters. The fourth-order valence-corrected chi connectivity index (χ4v) is 11.8. The molecule has 0 spiro atoms. The third kappa shape index (κ3) is 5.26. The molecule has 0 radical (unpaired) electrons. The van der Waals surface area contributed by atoms with Crippen LogP contribution in [-0.2, 0) is 0 Å². The second kappa shape index (κ2) is 13.5. The van der Waals surface area contributed by atoms with Gasteiger partial charge in [0.2, 0.25) is 0 Å². The van der Waals surface area contributed by atoms with Gasteiger partial charge in [-0.3, -0.25) is 0 Å². The van der Waals surface area contributed by atoms with Crippen LogP contribution in [0.15, 0.2) is 194 Å². The lowest BCUT2D eigenvalue weighted by Crippen LogP contribution is -2.29. The number of hydrogen-bond donors (Lipinski definition) is 0. The van der Waals surface area contributed by atoms with Crippen molar-refractivity contribution >= 4 is 106 Å². The summed E-state index contributed by atoms with van der Waals surface area (Å²) in [6.07, 6.45) is 11.4. The van der Waals surface area contributed by atoms with Crippen molar-refractivity contribution in [2.75, 3.05) is 0 Å². The van der Waals surface area contributed by atoms with Crippen molar-refractivity contribution in [3.8, 4) is 11.1 Å². The van der Waals surface area contributed by atoms with Gasteiger partial charge >= 0.3 is 0 Å². The van der Waals surface area contributed by atoms with Crippen LogP contribution in [0.3, 0.4) is 0 Å². The second-order valence-electron chi connectivity index (χ2n) is 15.4. The van der Waals surface area contributed by atoms with Crippen molar-refractivity contribution < 1.29 is 0 Å². The lowest BCUT2D eigenvalue weighted by Gasteiger charge is -2.16. The summed E-state index contributed by atoms with van der Waals surface area (Å²) in [4.78, 5) is 0. The predicted octanol–water partition coefficient (Wildman–Crippen LogP) is 14.9. The zero-order chi connectivity index (χ0) is 38.2. The first-order valence-corrected chi connectivity index (χ1v) is 21.8. The van der Waals surface area contributed by atoms with E-state index in [4.69, 9.17) is 0 Å². The van der Waals surface area contributed by atoms with Gasteiger partial charge in [0.1, 0.15) is 0 Å². The SMILES string of the molecule is C1=C/C(c2cccc3ccccc23)=c2/cccc/c2=C(c2ccc(-c3cc4c5ccccc5sc4c4cc5sc6ccccc6c5cc34)c3ccccc23)/C=C/CC/1. The highest BCUT2D eigenvalue weighted by molar-refractivity contribution is 7.27. The summed E-state index contributed by atoms with van der Waals surface area (Å²) in [6.45, 7) is 0. The van der Waals surface area contributed by atoms with E-state index in [0.717, 1.165) is 12.8 Å². The number of fused-ring (bicyclic) bond motifs is 11. The molecular weight excluding hydrogens is 737 g/mol. The largest absolute Gasteiger partial charge is 0.135 e. The lowest BCUT2D eigenvalue weighted by atomic mass is 9.87. The Labute approximate surface area is 344 Å². The first-order valence-electron chi connectivity index (χ1n) is 20.2. The first-order chi connectivity index (χ1) is 28.8. The van der Waals surface area contributed by atoms with Gasteiger partial charge in [-0.1, -0.05) is 164 Å². The van der Waals surface area contributed by atoms with Gasteiger partial charge in [0.05, 0.1) is 0 Å². The summed E-state index contributed by atoms with van der Waals surface area (Å²) < 4.78 is 5.38. The molecule has 0 amide bonds. The zero-order valence-corrected chi connectivity index (χ0v) is 33.3. The number of benzene rings is 9. The van der Waals surface area contributed by atoms with Gasteiger partial charge in [-0.25, -0.2) is 0 Å². The van der Waals surface area contributed by atoms with E-state index in [9.17, 15) is 0 Å². The smallest absolute Gasteiger partial charge is 0.0434 e. The van der Waals surface area contributed by atoms with Crippen LogP contribution in [0.4, 0.5) is 0 Å². The Hall–Kier alpha value is -6.58. The van der Waals surface area contributed by atoms with Gasteiger partial charge in [0.25, 0.3) is 0 Å². The van der Waals surface area contributed by atoms with Gasteiger partial charge in [-0.2, -0.15) is 0 Å². The number of thiophene rings is 2. The topological polar surface area (TPSA) is 0 Å². The molecule has 2 aromatic heterocycles. The molecule has 1 aliphatic carbocycles. The zero-order valence-electron chi connectivity index (χ0n) is 31.7. The third-order valence-corrected chi connectivity index (χ3v) is 14.5. The highest BCUT2D eigenvalue weighted by atomic mass is 32.1. The predicted molar refractivity (Wildman–Crippen MR) is 255 cm³/mol. The number of allylic oxidation sites excluding steroid dienone is 4. The average Bonchev–Trinajstić information content (AvgIpc) is 3.84. The van der Waals surface area contributed by atoms with Crippen molar-refractivity contribution in [1.29, 1.82) is 0 Å². The number of hydrogen-bond acceptors (Lipinski definition) is 2. The molecule has 0 N–H and O–H groups in total. The van der Waals surface area contributed by atoms with E-state index < -0.39 is 0 Å². The molecule has 58 heavy (non-hydrogen) atoms. The Balaban J connectivity index is 1.18. The number of rotatable bonds is 3. The van der Waals surface area contributed by atoms with E-state index in [-0.39, 0.29) is 0 Å². The van der Waals surface area contributed by atoms with Gasteiger partial charge in [0.15, 0.2) is 0 Å². The molecule has 0 nitrogen and oxygen atoms in total. The Kier molecular flexibility index (Phi) is 7.82. The van der Waals surface area contributed by atoms with Crippen LogP contribution in [0.2, 0.25) is 0 Å². The Bertz CT molecular complexity index is 3680. The molecule has 272 valence electrons. The summed E-state index contributed by atoms with van der Waals surface area (Å²) >= 11 is 3.82. The normalized spacial score (nSPS) is 16.5. The van der Waals surface area contributed by atoms with Crippen LogP contribution < -0.4 is 10.4 Å². The summed E-state index contributed by atoms with van der Waals surface area (Å²) in [6, 6.07) is 63.6. The maximum Gasteiger partial charge on any atom is 0.0434 e. The molecule has 0 bridgehead atoms. The Morgan fingerprint density at radius 1 is 0.310 bits per heavy atom. The minimum Gasteiger partial charge on any atom is -0.135 e. The summed E-state index contributed by atoms with van der Waals surface area (Å²) in [5.74, 6) is 0. The van der Waals surface area contributed by atoms with Crippen LogP contribution in [0, 0.1) is 0 Å². The fraction of sp³-hybridized carbons (Fsp3) is 0.0357. The first kappa shape index (κ1) is 33.5. The Morgan fingerprint density at radius 3 is 1.59 bits per heavy atom. The minimum absolute atomic E-state index is 0.980. The molecule has 0 saturated carbocycles. The van der Waals surface area contributed by atoms with Gasteiger partial charge in [0, 0.05) is 45.7 Å². The standard InChI is InChI=1S/C56H36S2/c1-2-4-20-41(40-22-8-7-21-39(40)38(19-3-1)37-27-15-17-35-16-5-6-18-36(35)37)44-30-31-45(43-24-10-9-23-42(43)44)48-33-51-47-26-12-14-29-54(47)58-56(51)52-34-55-50(32-49(48)52)46-25-11-13-28-53(46)57-55/h3-34H,1-2H2/b19-3+,20-4+,39-38+,41-40+. The molecule has 0 atom stereocenters. The molecule has 2 heteroatoms. The van der Waals surface area contributed by atoms with E-state index in [2.05, 4.69) is 194 Å². The molecule has 1 aliphatic rings. The third-order valence-electron chi connectivity index (χ3n) is 12.1. The summed E-state index contributed by atoms with van der Waals surface area (Å²) in [5, 5.41) is 15.5. The van der Waals surface area contributed by atoms with E-state index in [0.29, 0.717) is 0 Å². The maximum atomic E-state index is 2.49. The molecule has 0 aliphatic heterocycles. The quantitative estimate of drug-likeness (QED) is 0.168. The van der Waals surface area contributed by atoms with E-state index in [1.54, 1.807) is 0 Å². The highest BCUT2D eigenvalue weighted by Crippen LogP contribution is 2.47. The van der Waals surface area contributed by atoms with Crippen LogP contribution in [0.1, 0.15) is 24.0 Å². The summed E-state index contributed by atoms with van der Waals surface area (Å²) in [5.41, 5.74) is 7.58. The molecule has 0 saturated heterocycles. The molecule has 0 fully saturated rings. The van der Waals surface area contributed by atoms with Crippen molar-refractivity contribution in [2.45, 2.75) is 12.8 Å². The van der Waals surface area contributed by atoms with Crippen LogP contribution in [0.25, 0.3) is 94.9 Å². The monoisotopic (exact) mass is 772 g/mol. The molecule has 2 heterocycles. The minimum atomic E-state index is 0.980. The molecule has 12 rings (SSSR count). The van der Waals surface area contributed by atoms with Crippen molar-refractivity contribution in [1.82, 2.24) is 0 Å². The maximum absolute atomic E-state index is 2.49. The van der Waals surface area contributed by atoms with E-state index in [1.807, 2.05) is 22.7 Å². The van der Waals surface area contributed by atoms with Gasteiger partial charge < -0.3 is 0 Å².